The molecule has 0 aliphatic heterocycles. The summed E-state index contributed by atoms with van der Waals surface area (Å²) in [5, 5.41) is 9.44. The Hall–Kier alpha value is -2.56. The zero-order valence-corrected chi connectivity index (χ0v) is 11.9. The minimum atomic E-state index is -0.948. The molecule has 0 radical (unpaired) electrons. The van der Waals surface area contributed by atoms with Crippen molar-refractivity contribution in [2.24, 2.45) is 0 Å². The van der Waals surface area contributed by atoms with Crippen molar-refractivity contribution in [2.45, 2.75) is 26.3 Å². The normalized spacial score (nSPS) is 12.7. The standard InChI is InChI=1S/C16H16N2O3/c1-3-14-17-12-7-4-6-11(16(19)20)15(12)18(14)10(2)13-8-5-9-21-13/h4-10H,3H2,1-2H3,(H,19,20). The summed E-state index contributed by atoms with van der Waals surface area (Å²) in [7, 11) is 0. The highest BCUT2D eigenvalue weighted by Gasteiger charge is 2.22. The number of hydrogen-bond donors (Lipinski definition) is 1. The van der Waals surface area contributed by atoms with Crippen LogP contribution in [0.5, 0.6) is 0 Å². The van der Waals surface area contributed by atoms with Crippen LogP contribution in [0, 0.1) is 0 Å². The number of carboxylic acids is 1. The highest BCUT2D eigenvalue weighted by molar-refractivity contribution is 6.01. The van der Waals surface area contributed by atoms with E-state index in [2.05, 4.69) is 4.98 Å². The van der Waals surface area contributed by atoms with Gasteiger partial charge in [0.2, 0.25) is 0 Å². The van der Waals surface area contributed by atoms with Gasteiger partial charge in [0.05, 0.1) is 28.9 Å². The SMILES string of the molecule is CCc1nc2cccc(C(=O)O)c2n1C(C)c1ccco1. The van der Waals surface area contributed by atoms with Crippen molar-refractivity contribution >= 4 is 17.0 Å². The van der Waals surface area contributed by atoms with Crippen molar-refractivity contribution in [2.75, 3.05) is 0 Å². The fraction of sp³-hybridized carbons (Fsp3) is 0.250. The molecule has 1 aromatic carbocycles. The molecule has 0 bridgehead atoms. The average molecular weight is 284 g/mol. The van der Waals surface area contributed by atoms with E-state index in [1.807, 2.05) is 36.6 Å². The lowest BCUT2D eigenvalue weighted by Crippen LogP contribution is -2.12. The van der Waals surface area contributed by atoms with Crippen LogP contribution in [0.15, 0.2) is 41.0 Å². The Morgan fingerprint density at radius 2 is 2.19 bits per heavy atom. The molecule has 0 saturated heterocycles. The second-order valence-corrected chi connectivity index (χ2v) is 4.92. The van der Waals surface area contributed by atoms with Gasteiger partial charge in [-0.15, -0.1) is 0 Å². The lowest BCUT2D eigenvalue weighted by molar-refractivity contribution is 0.0698. The van der Waals surface area contributed by atoms with E-state index >= 15 is 0 Å². The van der Waals surface area contributed by atoms with Gasteiger partial charge in [-0.05, 0) is 31.2 Å². The molecular weight excluding hydrogens is 268 g/mol. The van der Waals surface area contributed by atoms with Gasteiger partial charge in [0, 0.05) is 6.42 Å². The van der Waals surface area contributed by atoms with E-state index in [4.69, 9.17) is 4.42 Å². The fourth-order valence-corrected chi connectivity index (χ4v) is 2.69. The number of furan rings is 1. The van der Waals surface area contributed by atoms with Gasteiger partial charge in [-0.3, -0.25) is 0 Å². The summed E-state index contributed by atoms with van der Waals surface area (Å²) in [4.78, 5) is 16.1. The lowest BCUT2D eigenvalue weighted by Gasteiger charge is -2.16. The van der Waals surface area contributed by atoms with Gasteiger partial charge in [-0.2, -0.15) is 0 Å². The van der Waals surface area contributed by atoms with Gasteiger partial charge in [0.25, 0.3) is 0 Å². The van der Waals surface area contributed by atoms with E-state index in [1.165, 1.54) is 0 Å². The molecule has 108 valence electrons. The molecule has 1 unspecified atom stereocenters. The Kier molecular flexibility index (Phi) is 3.25. The van der Waals surface area contributed by atoms with Crippen molar-refractivity contribution in [3.8, 4) is 0 Å². The monoisotopic (exact) mass is 284 g/mol. The van der Waals surface area contributed by atoms with Crippen LogP contribution in [0.3, 0.4) is 0 Å². The van der Waals surface area contributed by atoms with Crippen molar-refractivity contribution in [3.05, 3.63) is 53.7 Å². The maximum absolute atomic E-state index is 11.5. The van der Waals surface area contributed by atoms with Gasteiger partial charge in [0.15, 0.2) is 0 Å². The highest BCUT2D eigenvalue weighted by atomic mass is 16.4. The number of aromatic carboxylic acids is 1. The number of aryl methyl sites for hydroxylation is 1. The van der Waals surface area contributed by atoms with Crippen molar-refractivity contribution in [3.63, 3.8) is 0 Å². The van der Waals surface area contributed by atoms with E-state index in [1.54, 1.807) is 18.4 Å². The van der Waals surface area contributed by atoms with Gasteiger partial charge in [0.1, 0.15) is 11.6 Å². The van der Waals surface area contributed by atoms with Gasteiger partial charge in [-0.1, -0.05) is 13.0 Å². The minimum absolute atomic E-state index is 0.111. The Morgan fingerprint density at radius 1 is 1.38 bits per heavy atom. The molecule has 3 aromatic rings. The van der Waals surface area contributed by atoms with Gasteiger partial charge in [-0.25, -0.2) is 9.78 Å². The number of benzene rings is 1. The number of fused-ring (bicyclic) bond motifs is 1. The van der Waals surface area contributed by atoms with Crippen LogP contribution in [0.25, 0.3) is 11.0 Å². The molecule has 2 heterocycles. The Bertz CT molecular complexity index is 787. The number of hydrogen-bond acceptors (Lipinski definition) is 3. The average Bonchev–Trinajstić information content (AvgIpc) is 3.12. The summed E-state index contributed by atoms with van der Waals surface area (Å²) >= 11 is 0. The van der Waals surface area contributed by atoms with Gasteiger partial charge >= 0.3 is 5.97 Å². The Labute approximate surface area is 121 Å². The molecule has 0 aliphatic rings. The number of nitrogens with zero attached hydrogens (tertiary/aromatic N) is 2. The smallest absolute Gasteiger partial charge is 0.337 e. The summed E-state index contributed by atoms with van der Waals surface area (Å²) < 4.78 is 7.43. The van der Waals surface area contributed by atoms with Crippen molar-refractivity contribution < 1.29 is 14.3 Å². The lowest BCUT2D eigenvalue weighted by atomic mass is 10.1. The maximum Gasteiger partial charge on any atom is 0.337 e. The van der Waals surface area contributed by atoms with Crippen LogP contribution >= 0.6 is 0 Å². The first-order valence-electron chi connectivity index (χ1n) is 6.90. The summed E-state index contributed by atoms with van der Waals surface area (Å²) in [6.45, 7) is 3.99. The molecular formula is C16H16N2O3. The summed E-state index contributed by atoms with van der Waals surface area (Å²) in [6.07, 6.45) is 2.34. The molecule has 0 amide bonds. The number of aromatic nitrogens is 2. The molecule has 0 fully saturated rings. The first-order valence-corrected chi connectivity index (χ1v) is 6.90. The fourth-order valence-electron chi connectivity index (χ4n) is 2.69. The summed E-state index contributed by atoms with van der Waals surface area (Å²) in [5.74, 6) is 0.683. The van der Waals surface area contributed by atoms with Crippen LogP contribution in [0.1, 0.15) is 41.8 Å². The largest absolute Gasteiger partial charge is 0.478 e. The molecule has 1 atom stereocenters. The zero-order chi connectivity index (χ0) is 15.0. The third-order valence-corrected chi connectivity index (χ3v) is 3.67. The molecule has 2 aromatic heterocycles. The van der Waals surface area contributed by atoms with E-state index < -0.39 is 5.97 Å². The van der Waals surface area contributed by atoms with E-state index in [-0.39, 0.29) is 11.6 Å². The zero-order valence-electron chi connectivity index (χ0n) is 11.9. The molecule has 3 rings (SSSR count). The summed E-state index contributed by atoms with van der Waals surface area (Å²) in [6, 6.07) is 8.78. The molecule has 0 spiro atoms. The highest BCUT2D eigenvalue weighted by Crippen LogP contribution is 2.28. The predicted molar refractivity (Wildman–Crippen MR) is 78.6 cm³/mol. The van der Waals surface area contributed by atoms with E-state index in [0.717, 1.165) is 18.0 Å². The minimum Gasteiger partial charge on any atom is -0.478 e. The number of imidazole rings is 1. The van der Waals surface area contributed by atoms with E-state index in [9.17, 15) is 9.90 Å². The van der Waals surface area contributed by atoms with Crippen LogP contribution < -0.4 is 0 Å². The summed E-state index contributed by atoms with van der Waals surface area (Å²) in [5.41, 5.74) is 1.61. The third-order valence-electron chi connectivity index (χ3n) is 3.67. The number of rotatable bonds is 4. The number of carbonyl (C=O) groups is 1. The topological polar surface area (TPSA) is 68.3 Å². The first-order chi connectivity index (χ1) is 10.1. The molecule has 5 heteroatoms. The van der Waals surface area contributed by atoms with Gasteiger partial charge < -0.3 is 14.1 Å². The van der Waals surface area contributed by atoms with Crippen LogP contribution in [-0.4, -0.2) is 20.6 Å². The Morgan fingerprint density at radius 3 is 2.81 bits per heavy atom. The van der Waals surface area contributed by atoms with Crippen molar-refractivity contribution in [1.29, 1.82) is 0 Å². The number of para-hydroxylation sites is 1. The number of carboxylic acid groups (broad SMARTS) is 1. The maximum atomic E-state index is 11.5. The van der Waals surface area contributed by atoms with E-state index in [0.29, 0.717) is 11.0 Å². The molecule has 5 nitrogen and oxygen atoms in total. The second kappa shape index (κ2) is 5.09. The first kappa shape index (κ1) is 13.4. The van der Waals surface area contributed by atoms with Crippen LogP contribution in [0.4, 0.5) is 0 Å². The third kappa shape index (κ3) is 2.11. The molecule has 0 aliphatic carbocycles. The molecule has 1 N–H and O–H groups in total. The second-order valence-electron chi connectivity index (χ2n) is 4.92. The molecule has 0 saturated carbocycles. The predicted octanol–water partition coefficient (Wildman–Crippen LogP) is 3.50. The van der Waals surface area contributed by atoms with Crippen molar-refractivity contribution in [1.82, 2.24) is 9.55 Å². The Balaban J connectivity index is 2.31. The van der Waals surface area contributed by atoms with Crippen LogP contribution in [-0.2, 0) is 6.42 Å². The molecule has 21 heavy (non-hydrogen) atoms. The quantitative estimate of drug-likeness (QED) is 0.796. The van der Waals surface area contributed by atoms with Crippen LogP contribution in [0.2, 0.25) is 0 Å².